The minimum Gasteiger partial charge on any atom is -0.484 e. The van der Waals surface area contributed by atoms with E-state index in [4.69, 9.17) is 4.74 Å². The lowest BCUT2D eigenvalue weighted by Crippen LogP contribution is -2.33. The number of ether oxygens (including phenoxy) is 1. The number of hydrogen-bond acceptors (Lipinski definition) is 4. The van der Waals surface area contributed by atoms with Gasteiger partial charge >= 0.3 is 0 Å². The monoisotopic (exact) mass is 376 g/mol. The molecule has 0 heterocycles. The number of nitrogens with zero attached hydrogens (tertiary/aromatic N) is 1. The van der Waals surface area contributed by atoms with E-state index in [-0.39, 0.29) is 24.2 Å². The Labute approximate surface area is 162 Å². The van der Waals surface area contributed by atoms with Crippen molar-refractivity contribution in [1.29, 1.82) is 0 Å². The van der Waals surface area contributed by atoms with Crippen LogP contribution in [0.25, 0.3) is 0 Å². The second-order valence-corrected chi connectivity index (χ2v) is 6.32. The molecule has 0 aliphatic heterocycles. The highest BCUT2D eigenvalue weighted by molar-refractivity contribution is 5.78. The molecule has 0 bridgehead atoms. The van der Waals surface area contributed by atoms with E-state index < -0.39 is 4.92 Å². The maximum Gasteiger partial charge on any atom is 0.272 e. The largest absolute Gasteiger partial charge is 0.484 e. The molecule has 1 amide bonds. The van der Waals surface area contributed by atoms with Gasteiger partial charge in [0.25, 0.3) is 11.6 Å². The zero-order valence-corrected chi connectivity index (χ0v) is 15.4. The first-order valence-corrected chi connectivity index (χ1v) is 8.81. The second kappa shape index (κ2) is 8.81. The predicted octanol–water partition coefficient (Wildman–Crippen LogP) is 4.19. The van der Waals surface area contributed by atoms with E-state index in [1.807, 2.05) is 60.7 Å². The van der Waals surface area contributed by atoms with Crippen molar-refractivity contribution in [1.82, 2.24) is 5.32 Å². The summed E-state index contributed by atoms with van der Waals surface area (Å²) in [6, 6.07) is 23.5. The highest BCUT2D eigenvalue weighted by Crippen LogP contribution is 2.24. The maximum absolute atomic E-state index is 12.5. The summed E-state index contributed by atoms with van der Waals surface area (Å²) in [5.41, 5.74) is 2.43. The SMILES string of the molecule is Cc1cc(OCC(=O)NC(c2ccccc2)c2ccccc2)ccc1[N+](=O)[O-]. The molecule has 0 aliphatic rings. The highest BCUT2D eigenvalue weighted by Gasteiger charge is 2.17. The van der Waals surface area contributed by atoms with Gasteiger partial charge in [0.2, 0.25) is 0 Å². The first-order chi connectivity index (χ1) is 13.5. The molecule has 3 rings (SSSR count). The molecular formula is C22H20N2O4. The Morgan fingerprint density at radius 3 is 2.07 bits per heavy atom. The zero-order chi connectivity index (χ0) is 19.9. The molecule has 0 aromatic heterocycles. The van der Waals surface area contributed by atoms with Crippen LogP contribution in [-0.2, 0) is 4.79 Å². The van der Waals surface area contributed by atoms with Gasteiger partial charge in [0, 0.05) is 11.6 Å². The summed E-state index contributed by atoms with van der Waals surface area (Å²) in [5.74, 6) is 0.128. The van der Waals surface area contributed by atoms with Crippen LogP contribution in [0, 0.1) is 17.0 Å². The van der Waals surface area contributed by atoms with E-state index >= 15 is 0 Å². The fourth-order valence-electron chi connectivity index (χ4n) is 2.92. The topological polar surface area (TPSA) is 81.5 Å². The molecule has 6 heteroatoms. The van der Waals surface area contributed by atoms with Crippen molar-refractivity contribution < 1.29 is 14.5 Å². The first kappa shape index (κ1) is 19.1. The Bertz CT molecular complexity index is 919. The normalized spacial score (nSPS) is 10.5. The van der Waals surface area contributed by atoms with Crippen LogP contribution in [0.3, 0.4) is 0 Å². The minimum absolute atomic E-state index is 0.0185. The van der Waals surface area contributed by atoms with Gasteiger partial charge in [-0.3, -0.25) is 14.9 Å². The average molecular weight is 376 g/mol. The number of aryl methyl sites for hydroxylation is 1. The van der Waals surface area contributed by atoms with Crippen LogP contribution in [0.2, 0.25) is 0 Å². The fraction of sp³-hybridized carbons (Fsp3) is 0.136. The van der Waals surface area contributed by atoms with Gasteiger partial charge in [-0.2, -0.15) is 0 Å². The third-order valence-corrected chi connectivity index (χ3v) is 4.31. The number of nitro groups is 1. The smallest absolute Gasteiger partial charge is 0.272 e. The van der Waals surface area contributed by atoms with Crippen molar-refractivity contribution in [2.24, 2.45) is 0 Å². The summed E-state index contributed by atoms with van der Waals surface area (Å²) >= 11 is 0. The number of benzene rings is 3. The summed E-state index contributed by atoms with van der Waals surface area (Å²) in [6.07, 6.45) is 0. The quantitative estimate of drug-likeness (QED) is 0.495. The summed E-state index contributed by atoms with van der Waals surface area (Å²) in [6.45, 7) is 1.44. The van der Waals surface area contributed by atoms with Crippen molar-refractivity contribution in [3.05, 3.63) is 106 Å². The van der Waals surface area contributed by atoms with Gasteiger partial charge in [-0.15, -0.1) is 0 Å². The van der Waals surface area contributed by atoms with Crippen molar-refractivity contribution >= 4 is 11.6 Å². The van der Waals surface area contributed by atoms with Crippen LogP contribution in [0.4, 0.5) is 5.69 Å². The van der Waals surface area contributed by atoms with Crippen molar-refractivity contribution in [2.45, 2.75) is 13.0 Å². The molecule has 3 aromatic carbocycles. The van der Waals surface area contributed by atoms with E-state index in [2.05, 4.69) is 5.32 Å². The molecule has 1 N–H and O–H groups in total. The molecule has 0 fully saturated rings. The Kier molecular flexibility index (Phi) is 6.01. The number of hydrogen-bond donors (Lipinski definition) is 1. The Balaban J connectivity index is 1.69. The lowest BCUT2D eigenvalue weighted by Gasteiger charge is -2.20. The molecule has 0 aliphatic carbocycles. The predicted molar refractivity (Wildman–Crippen MR) is 106 cm³/mol. The van der Waals surface area contributed by atoms with E-state index in [1.165, 1.54) is 12.1 Å². The van der Waals surface area contributed by atoms with Gasteiger partial charge in [-0.1, -0.05) is 60.7 Å². The first-order valence-electron chi connectivity index (χ1n) is 8.81. The van der Waals surface area contributed by atoms with Crippen molar-refractivity contribution in [3.63, 3.8) is 0 Å². The summed E-state index contributed by atoms with van der Waals surface area (Å²) < 4.78 is 5.52. The summed E-state index contributed by atoms with van der Waals surface area (Å²) in [7, 11) is 0. The molecule has 142 valence electrons. The van der Waals surface area contributed by atoms with Crippen LogP contribution >= 0.6 is 0 Å². The molecule has 0 unspecified atom stereocenters. The summed E-state index contributed by atoms with van der Waals surface area (Å²) in [5, 5.41) is 13.9. The number of rotatable bonds is 7. The molecule has 3 aromatic rings. The average Bonchev–Trinajstić information content (AvgIpc) is 2.71. The van der Waals surface area contributed by atoms with Gasteiger partial charge in [0.1, 0.15) is 5.75 Å². The molecule has 0 saturated carbocycles. The van der Waals surface area contributed by atoms with Gasteiger partial charge < -0.3 is 10.1 Å². The minimum atomic E-state index is -0.448. The van der Waals surface area contributed by atoms with E-state index in [9.17, 15) is 14.9 Å². The van der Waals surface area contributed by atoms with Crippen LogP contribution in [0.5, 0.6) is 5.75 Å². The third kappa shape index (κ3) is 4.73. The number of nitro benzene ring substituents is 1. The lowest BCUT2D eigenvalue weighted by atomic mass is 9.99. The molecule has 0 radical (unpaired) electrons. The number of nitrogens with one attached hydrogen (secondary N) is 1. The molecule has 6 nitrogen and oxygen atoms in total. The third-order valence-electron chi connectivity index (χ3n) is 4.31. The van der Waals surface area contributed by atoms with Gasteiger partial charge in [-0.25, -0.2) is 0 Å². The lowest BCUT2D eigenvalue weighted by molar-refractivity contribution is -0.385. The Hall–Kier alpha value is -3.67. The van der Waals surface area contributed by atoms with Crippen LogP contribution in [0.1, 0.15) is 22.7 Å². The van der Waals surface area contributed by atoms with Gasteiger partial charge in [0.05, 0.1) is 11.0 Å². The van der Waals surface area contributed by atoms with E-state index in [0.717, 1.165) is 11.1 Å². The second-order valence-electron chi connectivity index (χ2n) is 6.32. The van der Waals surface area contributed by atoms with Crippen LogP contribution < -0.4 is 10.1 Å². The van der Waals surface area contributed by atoms with E-state index in [0.29, 0.717) is 11.3 Å². The Morgan fingerprint density at radius 2 is 1.57 bits per heavy atom. The van der Waals surface area contributed by atoms with Gasteiger partial charge in [-0.05, 0) is 30.2 Å². The standard InChI is InChI=1S/C22H20N2O4/c1-16-14-19(12-13-20(16)24(26)27)28-15-21(25)23-22(17-8-4-2-5-9-17)18-10-6-3-7-11-18/h2-14,22H,15H2,1H3,(H,23,25). The number of carbonyl (C=O) groups is 1. The van der Waals surface area contributed by atoms with E-state index in [1.54, 1.807) is 13.0 Å². The zero-order valence-electron chi connectivity index (χ0n) is 15.4. The maximum atomic E-state index is 12.5. The Morgan fingerprint density at radius 1 is 1.00 bits per heavy atom. The fourth-order valence-corrected chi connectivity index (χ4v) is 2.92. The molecule has 0 spiro atoms. The molecule has 0 saturated heterocycles. The highest BCUT2D eigenvalue weighted by atomic mass is 16.6. The van der Waals surface area contributed by atoms with Crippen LogP contribution in [-0.4, -0.2) is 17.4 Å². The molecule has 0 atom stereocenters. The number of carbonyl (C=O) groups excluding carboxylic acids is 1. The van der Waals surface area contributed by atoms with Crippen LogP contribution in [0.15, 0.2) is 78.9 Å². The van der Waals surface area contributed by atoms with Gasteiger partial charge in [0.15, 0.2) is 6.61 Å². The molecular weight excluding hydrogens is 356 g/mol. The van der Waals surface area contributed by atoms with Crippen molar-refractivity contribution in [3.8, 4) is 5.75 Å². The number of amides is 1. The van der Waals surface area contributed by atoms with Crippen molar-refractivity contribution in [2.75, 3.05) is 6.61 Å². The molecule has 28 heavy (non-hydrogen) atoms. The summed E-state index contributed by atoms with van der Waals surface area (Å²) in [4.78, 5) is 22.9.